The van der Waals surface area contributed by atoms with Gasteiger partial charge in [0.15, 0.2) is 6.04 Å². The van der Waals surface area contributed by atoms with E-state index < -0.39 is 12.1 Å². The van der Waals surface area contributed by atoms with Gasteiger partial charge in [-0.05, 0) is 12.1 Å². The van der Waals surface area contributed by atoms with Gasteiger partial charge in [-0.2, -0.15) is 0 Å². The quantitative estimate of drug-likeness (QED) is 0.707. The largest absolute Gasteiger partial charge is 0.495 e. The fraction of sp³-hybridized carbons (Fsp3) is 0.333. The van der Waals surface area contributed by atoms with Gasteiger partial charge in [0.2, 0.25) is 0 Å². The summed E-state index contributed by atoms with van der Waals surface area (Å²) in [6.45, 7) is 3.15. The summed E-state index contributed by atoms with van der Waals surface area (Å²) >= 11 is 0. The summed E-state index contributed by atoms with van der Waals surface area (Å²) in [6.07, 6.45) is 0. The van der Waals surface area contributed by atoms with Crippen LogP contribution in [-0.2, 0) is 4.79 Å². The summed E-state index contributed by atoms with van der Waals surface area (Å²) < 4.78 is 5.48. The first kappa shape index (κ1) is 19.7. The van der Waals surface area contributed by atoms with Crippen LogP contribution >= 0.6 is 0 Å². The van der Waals surface area contributed by atoms with Crippen LogP contribution in [0.25, 0.3) is 0 Å². The molecular formula is C21H27N4O3+. The van der Waals surface area contributed by atoms with Crippen molar-refractivity contribution in [2.45, 2.75) is 6.04 Å². The molecule has 0 aromatic heterocycles. The minimum absolute atomic E-state index is 0.286. The number of carbonyl (C=O) groups excluding carboxylic acids is 2. The van der Waals surface area contributed by atoms with Crippen molar-refractivity contribution >= 4 is 17.6 Å². The lowest BCUT2D eigenvalue weighted by molar-refractivity contribution is -0.922. The first-order valence-electron chi connectivity index (χ1n) is 9.44. The van der Waals surface area contributed by atoms with E-state index in [0.29, 0.717) is 0 Å². The second-order valence-corrected chi connectivity index (χ2v) is 6.73. The summed E-state index contributed by atoms with van der Waals surface area (Å²) in [4.78, 5) is 27.9. The normalized spacial score (nSPS) is 15.6. The number of quaternary nitrogens is 1. The Morgan fingerprint density at radius 2 is 1.68 bits per heavy atom. The Morgan fingerprint density at radius 1 is 1.04 bits per heavy atom. The van der Waals surface area contributed by atoms with E-state index in [-0.39, 0.29) is 5.91 Å². The van der Waals surface area contributed by atoms with E-state index in [1.54, 1.807) is 7.11 Å². The molecule has 1 saturated heterocycles. The topological polar surface area (TPSA) is 75.1 Å². The monoisotopic (exact) mass is 383 g/mol. The van der Waals surface area contributed by atoms with Crippen molar-refractivity contribution in [2.75, 3.05) is 45.2 Å². The zero-order valence-corrected chi connectivity index (χ0v) is 16.3. The van der Waals surface area contributed by atoms with Gasteiger partial charge >= 0.3 is 6.03 Å². The van der Waals surface area contributed by atoms with Crippen LogP contribution < -0.4 is 25.2 Å². The van der Waals surface area contributed by atoms with E-state index in [0.717, 1.165) is 48.1 Å². The Labute approximate surface area is 165 Å². The van der Waals surface area contributed by atoms with E-state index in [2.05, 4.69) is 21.6 Å². The summed E-state index contributed by atoms with van der Waals surface area (Å²) in [5.74, 6) is 0.564. The van der Waals surface area contributed by atoms with Crippen molar-refractivity contribution in [1.82, 2.24) is 10.6 Å². The summed E-state index contributed by atoms with van der Waals surface area (Å²) in [6, 6.07) is 16.7. The lowest BCUT2D eigenvalue weighted by atomic mass is 10.0. The standard InChI is InChI=1S/C21H26N4O3/c1-22-21(27)23-20(26)19(16-8-4-3-5-9-16)25-14-12-24(13-15-25)17-10-6-7-11-18(17)28-2/h3-11,19H,12-15H2,1-2H3,(H2,22,23,26,27)/p+1/t19-/m1/s1. The van der Waals surface area contributed by atoms with Gasteiger partial charge in [0.1, 0.15) is 5.75 Å². The third-order valence-electron chi connectivity index (χ3n) is 5.10. The van der Waals surface area contributed by atoms with Crippen LogP contribution in [0.2, 0.25) is 0 Å². The molecule has 7 heteroatoms. The number of para-hydroxylation sites is 2. The number of benzene rings is 2. The number of rotatable bonds is 5. The highest BCUT2D eigenvalue weighted by molar-refractivity contribution is 5.96. The lowest BCUT2D eigenvalue weighted by Gasteiger charge is -2.37. The zero-order chi connectivity index (χ0) is 19.9. The molecule has 0 bridgehead atoms. The predicted molar refractivity (Wildman–Crippen MR) is 108 cm³/mol. The van der Waals surface area contributed by atoms with Crippen LogP contribution in [0, 0.1) is 0 Å². The smallest absolute Gasteiger partial charge is 0.321 e. The van der Waals surface area contributed by atoms with Crippen molar-refractivity contribution in [1.29, 1.82) is 0 Å². The number of hydrogen-bond acceptors (Lipinski definition) is 4. The number of nitrogens with zero attached hydrogens (tertiary/aromatic N) is 1. The lowest BCUT2D eigenvalue weighted by Crippen LogP contribution is -3.16. The highest BCUT2D eigenvalue weighted by atomic mass is 16.5. The number of amides is 3. The SMILES string of the molecule is CNC(=O)NC(=O)[C@@H](c1ccccc1)[NH+]1CCN(c2ccccc2OC)CC1. The Morgan fingerprint density at radius 3 is 2.32 bits per heavy atom. The average Bonchev–Trinajstić information content (AvgIpc) is 2.75. The van der Waals surface area contributed by atoms with E-state index in [4.69, 9.17) is 4.74 Å². The molecule has 7 nitrogen and oxygen atoms in total. The van der Waals surface area contributed by atoms with Crippen molar-refractivity contribution in [3.05, 3.63) is 60.2 Å². The Balaban J connectivity index is 1.76. The van der Waals surface area contributed by atoms with Crippen LogP contribution in [0.15, 0.2) is 54.6 Å². The number of imide groups is 1. The summed E-state index contributed by atoms with van der Waals surface area (Å²) in [7, 11) is 3.17. The maximum atomic E-state index is 12.8. The Hall–Kier alpha value is -3.06. The third-order valence-corrected chi connectivity index (χ3v) is 5.10. The molecule has 0 saturated carbocycles. The third kappa shape index (κ3) is 4.43. The second-order valence-electron chi connectivity index (χ2n) is 6.73. The molecule has 148 valence electrons. The molecule has 1 heterocycles. The number of hydrogen-bond donors (Lipinski definition) is 3. The summed E-state index contributed by atoms with van der Waals surface area (Å²) in [5, 5.41) is 4.89. The number of ether oxygens (including phenoxy) is 1. The fourth-order valence-corrected chi connectivity index (χ4v) is 3.68. The van der Waals surface area contributed by atoms with Gasteiger partial charge < -0.3 is 19.9 Å². The molecule has 1 aliphatic rings. The molecule has 3 rings (SSSR count). The molecule has 3 amide bonds. The Bertz CT molecular complexity index is 804. The first-order chi connectivity index (χ1) is 13.6. The van der Waals surface area contributed by atoms with E-state index >= 15 is 0 Å². The van der Waals surface area contributed by atoms with Crippen molar-refractivity contribution in [3.63, 3.8) is 0 Å². The van der Waals surface area contributed by atoms with Crippen molar-refractivity contribution in [3.8, 4) is 5.75 Å². The van der Waals surface area contributed by atoms with Crippen molar-refractivity contribution < 1.29 is 19.2 Å². The highest BCUT2D eigenvalue weighted by Gasteiger charge is 2.35. The van der Waals surface area contributed by atoms with E-state index in [1.165, 1.54) is 7.05 Å². The summed E-state index contributed by atoms with van der Waals surface area (Å²) in [5.41, 5.74) is 1.97. The minimum atomic E-state index is -0.488. The van der Waals surface area contributed by atoms with E-state index in [9.17, 15) is 9.59 Å². The van der Waals surface area contributed by atoms with Gasteiger partial charge in [-0.15, -0.1) is 0 Å². The maximum absolute atomic E-state index is 12.8. The molecule has 0 spiro atoms. The second kappa shape index (κ2) is 9.23. The van der Waals surface area contributed by atoms with Gasteiger partial charge in [-0.1, -0.05) is 42.5 Å². The molecule has 3 N–H and O–H groups in total. The molecule has 0 radical (unpaired) electrons. The van der Waals surface area contributed by atoms with Gasteiger partial charge in [-0.25, -0.2) is 4.79 Å². The average molecular weight is 383 g/mol. The van der Waals surface area contributed by atoms with Crippen molar-refractivity contribution in [2.24, 2.45) is 0 Å². The first-order valence-corrected chi connectivity index (χ1v) is 9.44. The van der Waals surface area contributed by atoms with Crippen LogP contribution in [0.1, 0.15) is 11.6 Å². The van der Waals surface area contributed by atoms with Gasteiger partial charge in [0.25, 0.3) is 5.91 Å². The fourth-order valence-electron chi connectivity index (χ4n) is 3.68. The van der Waals surface area contributed by atoms with Gasteiger partial charge in [-0.3, -0.25) is 10.1 Å². The molecule has 1 fully saturated rings. The number of nitrogens with one attached hydrogen (secondary N) is 3. The molecule has 1 atom stereocenters. The number of methoxy groups -OCH3 is 1. The Kier molecular flexibility index (Phi) is 6.49. The van der Waals surface area contributed by atoms with Crippen LogP contribution in [0.5, 0.6) is 5.75 Å². The van der Waals surface area contributed by atoms with Gasteiger partial charge in [0, 0.05) is 12.6 Å². The molecule has 0 unspecified atom stereocenters. The predicted octanol–water partition coefficient (Wildman–Crippen LogP) is 0.597. The molecule has 0 aliphatic carbocycles. The number of carbonyl (C=O) groups is 2. The molecular weight excluding hydrogens is 356 g/mol. The number of anilines is 1. The molecule has 2 aromatic rings. The maximum Gasteiger partial charge on any atom is 0.321 e. The van der Waals surface area contributed by atoms with E-state index in [1.807, 2.05) is 48.5 Å². The molecule has 28 heavy (non-hydrogen) atoms. The number of piperazine rings is 1. The zero-order valence-electron chi connectivity index (χ0n) is 16.3. The molecule has 2 aromatic carbocycles. The van der Waals surface area contributed by atoms with Crippen LogP contribution in [0.4, 0.5) is 10.5 Å². The van der Waals surface area contributed by atoms with Gasteiger partial charge in [0.05, 0.1) is 39.0 Å². The molecule has 1 aliphatic heterocycles. The van der Waals surface area contributed by atoms with Crippen LogP contribution in [0.3, 0.4) is 0 Å². The minimum Gasteiger partial charge on any atom is -0.495 e. The highest BCUT2D eigenvalue weighted by Crippen LogP contribution is 2.27. The van der Waals surface area contributed by atoms with Crippen LogP contribution in [-0.4, -0.2) is 52.3 Å². The number of urea groups is 1.